The number of likely N-dealkylation sites (tertiary alicyclic amines) is 1. The predicted molar refractivity (Wildman–Crippen MR) is 128 cm³/mol. The van der Waals surface area contributed by atoms with Crippen molar-refractivity contribution in [2.75, 3.05) is 13.1 Å². The molecule has 3 aliphatic heterocycles. The number of imide groups is 1. The second kappa shape index (κ2) is 9.37. The number of pyridine rings is 1. The lowest BCUT2D eigenvalue weighted by Gasteiger charge is -2.45. The number of nitrogens with one attached hydrogen (secondary N) is 1. The highest BCUT2D eigenvalue weighted by Crippen LogP contribution is 2.38. The largest absolute Gasteiger partial charge is 0.489 e. The highest BCUT2D eigenvalue weighted by atomic mass is 19.4. The number of fused-ring (bicyclic) bond motifs is 1. The van der Waals surface area contributed by atoms with Crippen molar-refractivity contribution < 1.29 is 32.3 Å². The number of aromatic nitrogens is 1. The molecule has 200 valence electrons. The zero-order chi connectivity index (χ0) is 26.6. The molecule has 1 aliphatic carbocycles. The highest BCUT2D eigenvalue weighted by Gasteiger charge is 2.42. The van der Waals surface area contributed by atoms with Crippen LogP contribution in [-0.2, 0) is 22.3 Å². The van der Waals surface area contributed by atoms with Gasteiger partial charge in [-0.1, -0.05) is 0 Å². The van der Waals surface area contributed by atoms with Gasteiger partial charge in [0.2, 0.25) is 11.8 Å². The van der Waals surface area contributed by atoms with Crippen molar-refractivity contribution in [1.82, 2.24) is 20.1 Å². The Bertz CT molecular complexity index is 1290. The summed E-state index contributed by atoms with van der Waals surface area (Å²) in [6.45, 7) is 1.60. The van der Waals surface area contributed by atoms with Gasteiger partial charge in [0, 0.05) is 56.0 Å². The second-order valence-electron chi connectivity index (χ2n) is 10.5. The summed E-state index contributed by atoms with van der Waals surface area (Å²) >= 11 is 0. The fourth-order valence-electron chi connectivity index (χ4n) is 6.09. The van der Waals surface area contributed by atoms with Crippen LogP contribution in [0, 0.1) is 0 Å². The second-order valence-corrected chi connectivity index (χ2v) is 10.5. The Hall–Kier alpha value is -3.47. The first-order chi connectivity index (χ1) is 18.2. The van der Waals surface area contributed by atoms with Crippen molar-refractivity contribution >= 4 is 17.7 Å². The molecule has 1 N–H and O–H groups in total. The Labute approximate surface area is 217 Å². The maximum Gasteiger partial charge on any atom is 0.417 e. The summed E-state index contributed by atoms with van der Waals surface area (Å²) in [4.78, 5) is 44.3. The smallest absolute Gasteiger partial charge is 0.417 e. The molecule has 0 radical (unpaired) electrons. The minimum absolute atomic E-state index is 0.00956. The van der Waals surface area contributed by atoms with Gasteiger partial charge in [-0.15, -0.1) is 0 Å². The van der Waals surface area contributed by atoms with E-state index < -0.39 is 23.7 Å². The molecule has 38 heavy (non-hydrogen) atoms. The molecule has 1 aromatic heterocycles. The highest BCUT2D eigenvalue weighted by molar-refractivity contribution is 6.05. The van der Waals surface area contributed by atoms with Crippen LogP contribution in [0.15, 0.2) is 36.7 Å². The molecule has 3 unspecified atom stereocenters. The fraction of sp³-hybridized carbons (Fsp3) is 0.481. The maximum atomic E-state index is 13.1. The van der Waals surface area contributed by atoms with E-state index in [0.717, 1.165) is 31.0 Å². The fourth-order valence-corrected chi connectivity index (χ4v) is 6.09. The van der Waals surface area contributed by atoms with Crippen LogP contribution >= 0.6 is 0 Å². The summed E-state index contributed by atoms with van der Waals surface area (Å²) < 4.78 is 45.6. The lowest BCUT2D eigenvalue weighted by Crippen LogP contribution is -2.54. The summed E-state index contributed by atoms with van der Waals surface area (Å²) in [6, 6.07) is 6.04. The molecule has 1 saturated carbocycles. The van der Waals surface area contributed by atoms with E-state index in [1.54, 1.807) is 12.1 Å². The van der Waals surface area contributed by atoms with E-state index >= 15 is 0 Å². The lowest BCUT2D eigenvalue weighted by atomic mass is 9.89. The predicted octanol–water partition coefficient (Wildman–Crippen LogP) is 3.26. The van der Waals surface area contributed by atoms with Gasteiger partial charge in [0.15, 0.2) is 0 Å². The third-order valence-corrected chi connectivity index (χ3v) is 8.14. The van der Waals surface area contributed by atoms with Crippen LogP contribution in [-0.4, -0.2) is 63.8 Å². The SMILES string of the molecule is O=C1CCC(N2Cc3cc(OC4CCCC4N4CC(c5cncc(C(F)(F)F)c5)C4)ccc3C2=O)C(=O)N1. The van der Waals surface area contributed by atoms with Gasteiger partial charge in [-0.05, 0) is 61.1 Å². The molecule has 6 rings (SSSR count). The third-order valence-electron chi connectivity index (χ3n) is 8.14. The first-order valence-electron chi connectivity index (χ1n) is 12.9. The van der Waals surface area contributed by atoms with Gasteiger partial charge in [0.05, 0.1) is 5.56 Å². The van der Waals surface area contributed by atoms with Crippen molar-refractivity contribution in [3.8, 4) is 5.75 Å². The Morgan fingerprint density at radius 1 is 1.03 bits per heavy atom. The topological polar surface area (TPSA) is 91.8 Å². The molecule has 11 heteroatoms. The van der Waals surface area contributed by atoms with Gasteiger partial charge in [0.25, 0.3) is 5.91 Å². The van der Waals surface area contributed by atoms with Crippen molar-refractivity contribution in [3.63, 3.8) is 0 Å². The maximum absolute atomic E-state index is 13.1. The van der Waals surface area contributed by atoms with Crippen LogP contribution in [0.4, 0.5) is 13.2 Å². The summed E-state index contributed by atoms with van der Waals surface area (Å²) in [7, 11) is 0. The molecule has 4 heterocycles. The van der Waals surface area contributed by atoms with Gasteiger partial charge < -0.3 is 9.64 Å². The number of benzene rings is 1. The first kappa shape index (κ1) is 24.8. The van der Waals surface area contributed by atoms with E-state index in [9.17, 15) is 27.6 Å². The third kappa shape index (κ3) is 4.53. The molecule has 2 saturated heterocycles. The van der Waals surface area contributed by atoms with Crippen molar-refractivity contribution in [2.24, 2.45) is 0 Å². The van der Waals surface area contributed by atoms with E-state index in [2.05, 4.69) is 15.2 Å². The van der Waals surface area contributed by atoms with Gasteiger partial charge in [-0.2, -0.15) is 13.2 Å². The lowest BCUT2D eigenvalue weighted by molar-refractivity contribution is -0.138. The number of hydrogen-bond acceptors (Lipinski definition) is 6. The number of amides is 3. The van der Waals surface area contributed by atoms with Crippen LogP contribution < -0.4 is 10.1 Å². The molecule has 0 spiro atoms. The van der Waals surface area contributed by atoms with Crippen LogP contribution in [0.3, 0.4) is 0 Å². The van der Waals surface area contributed by atoms with Crippen molar-refractivity contribution in [1.29, 1.82) is 0 Å². The van der Waals surface area contributed by atoms with Gasteiger partial charge >= 0.3 is 6.18 Å². The van der Waals surface area contributed by atoms with E-state index in [-0.39, 0.29) is 42.8 Å². The number of alkyl halides is 3. The summed E-state index contributed by atoms with van der Waals surface area (Å²) in [5.41, 5.74) is 1.20. The molecule has 8 nitrogen and oxygen atoms in total. The molecule has 3 atom stereocenters. The van der Waals surface area contributed by atoms with Crippen molar-refractivity contribution in [2.45, 2.75) is 68.9 Å². The number of rotatable bonds is 5. The average Bonchev–Trinajstić information content (AvgIpc) is 3.42. The molecule has 2 aromatic rings. The van der Waals surface area contributed by atoms with E-state index in [4.69, 9.17) is 4.74 Å². The number of ether oxygens (including phenoxy) is 1. The normalized spacial score (nSPS) is 26.3. The number of carbonyl (C=O) groups is 3. The number of nitrogens with zero attached hydrogens (tertiary/aromatic N) is 3. The van der Waals surface area contributed by atoms with Crippen LogP contribution in [0.1, 0.15) is 65.1 Å². The number of halogens is 3. The van der Waals surface area contributed by atoms with E-state index in [0.29, 0.717) is 36.4 Å². The Kier molecular flexibility index (Phi) is 6.13. The zero-order valence-corrected chi connectivity index (χ0v) is 20.5. The monoisotopic (exact) mass is 528 g/mol. The number of carbonyl (C=O) groups excluding carboxylic acids is 3. The van der Waals surface area contributed by atoms with Gasteiger partial charge in [0.1, 0.15) is 17.9 Å². The molecule has 0 bridgehead atoms. The standard InChI is InChI=1S/C27H27F3N4O4/c28-27(29,30)18-8-15(10-31-11-18)17-12-33(13-17)21-2-1-3-23(21)38-19-4-5-20-16(9-19)14-34(26(20)37)22-6-7-24(35)32-25(22)36/h4-5,8-11,17,21-23H,1-3,6-7,12-14H2,(H,32,35,36). The zero-order valence-electron chi connectivity index (χ0n) is 20.5. The Morgan fingerprint density at radius 3 is 2.61 bits per heavy atom. The Morgan fingerprint density at radius 2 is 1.84 bits per heavy atom. The van der Waals surface area contributed by atoms with Crippen LogP contribution in [0.2, 0.25) is 0 Å². The number of hydrogen-bond donors (Lipinski definition) is 1. The Balaban J connectivity index is 1.09. The average molecular weight is 529 g/mol. The van der Waals surface area contributed by atoms with Gasteiger partial charge in [-0.25, -0.2) is 0 Å². The molecule has 3 fully saturated rings. The quantitative estimate of drug-likeness (QED) is 0.600. The molecule has 1 aromatic carbocycles. The molecule has 3 amide bonds. The summed E-state index contributed by atoms with van der Waals surface area (Å²) in [5, 5.41) is 2.31. The minimum atomic E-state index is -4.41. The number of piperidine rings is 1. The summed E-state index contributed by atoms with van der Waals surface area (Å²) in [5.74, 6) is -0.331. The first-order valence-corrected chi connectivity index (χ1v) is 12.9. The van der Waals surface area contributed by atoms with Gasteiger partial charge in [-0.3, -0.25) is 29.6 Å². The molecular formula is C27H27F3N4O4. The summed E-state index contributed by atoms with van der Waals surface area (Å²) in [6.07, 6.45) is 1.24. The minimum Gasteiger partial charge on any atom is -0.489 e. The van der Waals surface area contributed by atoms with E-state index in [1.807, 2.05) is 6.07 Å². The molecular weight excluding hydrogens is 501 g/mol. The molecule has 4 aliphatic rings. The van der Waals surface area contributed by atoms with E-state index in [1.165, 1.54) is 17.2 Å². The van der Waals surface area contributed by atoms with Crippen LogP contribution in [0.25, 0.3) is 0 Å². The van der Waals surface area contributed by atoms with Crippen molar-refractivity contribution in [3.05, 3.63) is 58.9 Å². The van der Waals surface area contributed by atoms with Crippen LogP contribution in [0.5, 0.6) is 5.75 Å².